The third-order valence-corrected chi connectivity index (χ3v) is 5.78. The Morgan fingerprint density at radius 3 is 2.38 bits per heavy atom. The lowest BCUT2D eigenvalue weighted by atomic mass is 10.1. The molecule has 4 rings (SSSR count). The number of methoxy groups -OCH3 is 2. The first-order valence-corrected chi connectivity index (χ1v) is 11.0. The molecule has 0 aliphatic carbocycles. The van der Waals surface area contributed by atoms with Crippen molar-refractivity contribution in [1.82, 2.24) is 19.6 Å². The van der Waals surface area contributed by atoms with Crippen molar-refractivity contribution < 1.29 is 14.3 Å². The summed E-state index contributed by atoms with van der Waals surface area (Å²) in [6.07, 6.45) is 0.370. The normalized spacial score (nSPS) is 11.9. The maximum absolute atomic E-state index is 13.4. The number of aromatic nitrogens is 4. The van der Waals surface area contributed by atoms with Crippen molar-refractivity contribution in [2.24, 2.45) is 0 Å². The first-order chi connectivity index (χ1) is 16.4. The summed E-state index contributed by atoms with van der Waals surface area (Å²) >= 11 is 0. The van der Waals surface area contributed by atoms with Gasteiger partial charge in [-0.25, -0.2) is 9.36 Å². The molecule has 9 nitrogen and oxygen atoms in total. The summed E-state index contributed by atoms with van der Waals surface area (Å²) in [5.41, 5.74) is 2.69. The zero-order chi connectivity index (χ0) is 24.4. The standard InChI is InChI=1S/C25H27N5O4/c1-6-19(24(31)26-17-12-13-20(33-4)21(14-17)34-5)30-25(32)23-22(15(2)27-30)16(3)29(28-23)18-10-8-7-9-11-18/h7-14,19H,6H2,1-5H3,(H,26,31)/t19-/m1/s1. The number of nitrogens with one attached hydrogen (secondary N) is 1. The molecular formula is C25H27N5O4. The van der Waals surface area contributed by atoms with Crippen molar-refractivity contribution >= 4 is 22.5 Å². The van der Waals surface area contributed by atoms with E-state index in [1.807, 2.05) is 51.1 Å². The van der Waals surface area contributed by atoms with Gasteiger partial charge >= 0.3 is 0 Å². The molecule has 1 N–H and O–H groups in total. The second-order valence-corrected chi connectivity index (χ2v) is 7.87. The Bertz CT molecular complexity index is 1410. The monoisotopic (exact) mass is 461 g/mol. The van der Waals surface area contributed by atoms with E-state index in [1.54, 1.807) is 30.0 Å². The van der Waals surface area contributed by atoms with E-state index in [1.165, 1.54) is 11.8 Å². The van der Waals surface area contributed by atoms with E-state index < -0.39 is 11.6 Å². The first kappa shape index (κ1) is 23.0. The number of ether oxygens (including phenoxy) is 2. The maximum atomic E-state index is 13.4. The molecule has 0 bridgehead atoms. The summed E-state index contributed by atoms with van der Waals surface area (Å²) in [6, 6.07) is 13.9. The molecule has 0 unspecified atom stereocenters. The topological polar surface area (TPSA) is 100 Å². The third kappa shape index (κ3) is 4.00. The highest BCUT2D eigenvalue weighted by molar-refractivity contribution is 5.94. The number of rotatable bonds is 7. The molecule has 0 aliphatic heterocycles. The minimum Gasteiger partial charge on any atom is -0.493 e. The quantitative estimate of drug-likeness (QED) is 0.449. The number of para-hydroxylation sites is 1. The number of anilines is 1. The lowest BCUT2D eigenvalue weighted by Crippen LogP contribution is -2.35. The number of aryl methyl sites for hydroxylation is 2. The number of carbonyl (C=O) groups is 1. The second kappa shape index (κ2) is 9.38. The molecule has 176 valence electrons. The third-order valence-electron chi connectivity index (χ3n) is 5.78. The number of hydrogen-bond acceptors (Lipinski definition) is 6. The van der Waals surface area contributed by atoms with Gasteiger partial charge in [0.1, 0.15) is 6.04 Å². The van der Waals surface area contributed by atoms with Gasteiger partial charge in [-0.1, -0.05) is 25.1 Å². The van der Waals surface area contributed by atoms with Crippen LogP contribution in [0.2, 0.25) is 0 Å². The van der Waals surface area contributed by atoms with E-state index in [0.717, 1.165) is 11.4 Å². The molecular weight excluding hydrogens is 434 g/mol. The molecule has 0 spiro atoms. The van der Waals surface area contributed by atoms with Gasteiger partial charge in [0.25, 0.3) is 5.56 Å². The number of nitrogens with zero attached hydrogens (tertiary/aromatic N) is 4. The van der Waals surface area contributed by atoms with E-state index in [-0.39, 0.29) is 11.4 Å². The Labute approximate surface area is 196 Å². The van der Waals surface area contributed by atoms with Crippen molar-refractivity contribution in [2.45, 2.75) is 33.2 Å². The summed E-state index contributed by atoms with van der Waals surface area (Å²) in [5.74, 6) is 0.681. The molecule has 9 heteroatoms. The van der Waals surface area contributed by atoms with Crippen molar-refractivity contribution in [3.8, 4) is 17.2 Å². The van der Waals surface area contributed by atoms with Crippen LogP contribution >= 0.6 is 0 Å². The van der Waals surface area contributed by atoms with Gasteiger partial charge in [-0.3, -0.25) is 9.59 Å². The number of hydrogen-bond donors (Lipinski definition) is 1. The fourth-order valence-electron chi connectivity index (χ4n) is 4.09. The molecule has 2 heterocycles. The van der Waals surface area contributed by atoms with Crippen LogP contribution in [0, 0.1) is 13.8 Å². The van der Waals surface area contributed by atoms with Crippen LogP contribution in [0.1, 0.15) is 30.8 Å². The average molecular weight is 462 g/mol. The molecule has 0 aliphatic rings. The Morgan fingerprint density at radius 2 is 1.74 bits per heavy atom. The molecule has 34 heavy (non-hydrogen) atoms. The summed E-state index contributed by atoms with van der Waals surface area (Å²) in [4.78, 5) is 26.6. The van der Waals surface area contributed by atoms with Gasteiger partial charge in [0.05, 0.1) is 36.7 Å². The number of amides is 1. The molecule has 0 fully saturated rings. The minimum atomic E-state index is -0.814. The van der Waals surface area contributed by atoms with Crippen LogP contribution in [-0.2, 0) is 4.79 Å². The van der Waals surface area contributed by atoms with Crippen molar-refractivity contribution in [2.75, 3.05) is 19.5 Å². The summed E-state index contributed by atoms with van der Waals surface area (Å²) < 4.78 is 13.5. The van der Waals surface area contributed by atoms with E-state index in [4.69, 9.17) is 9.47 Å². The van der Waals surface area contributed by atoms with E-state index >= 15 is 0 Å². The van der Waals surface area contributed by atoms with Gasteiger partial charge in [-0.05, 0) is 44.5 Å². The molecule has 1 atom stereocenters. The van der Waals surface area contributed by atoms with Crippen LogP contribution in [0.15, 0.2) is 53.3 Å². The number of benzene rings is 2. The smallest absolute Gasteiger partial charge is 0.295 e. The first-order valence-electron chi connectivity index (χ1n) is 11.0. The molecule has 0 radical (unpaired) electrons. The highest BCUT2D eigenvalue weighted by atomic mass is 16.5. The molecule has 4 aromatic rings. The Kier molecular flexibility index (Phi) is 6.36. The van der Waals surface area contributed by atoms with Crippen LogP contribution in [0.25, 0.3) is 16.6 Å². The van der Waals surface area contributed by atoms with Gasteiger partial charge in [-0.15, -0.1) is 0 Å². The molecule has 0 saturated carbocycles. The van der Waals surface area contributed by atoms with Gasteiger partial charge < -0.3 is 14.8 Å². The minimum absolute atomic E-state index is 0.284. The maximum Gasteiger partial charge on any atom is 0.295 e. The van der Waals surface area contributed by atoms with Crippen molar-refractivity contribution in [1.29, 1.82) is 0 Å². The predicted octanol–water partition coefficient (Wildman–Crippen LogP) is 3.81. The van der Waals surface area contributed by atoms with E-state index in [0.29, 0.717) is 34.7 Å². The Hall–Kier alpha value is -4.14. The van der Waals surface area contributed by atoms with Crippen LogP contribution in [0.5, 0.6) is 11.5 Å². The number of fused-ring (bicyclic) bond motifs is 1. The Balaban J connectivity index is 1.74. The lowest BCUT2D eigenvalue weighted by Gasteiger charge is -2.18. The fraction of sp³-hybridized carbons (Fsp3) is 0.280. The van der Waals surface area contributed by atoms with Crippen molar-refractivity contribution in [3.63, 3.8) is 0 Å². The number of carbonyl (C=O) groups excluding carboxylic acids is 1. The van der Waals surface area contributed by atoms with Crippen LogP contribution in [-0.4, -0.2) is 39.7 Å². The molecule has 2 aromatic heterocycles. The van der Waals surface area contributed by atoms with E-state index in [9.17, 15) is 9.59 Å². The van der Waals surface area contributed by atoms with Gasteiger partial charge in [0.15, 0.2) is 17.0 Å². The van der Waals surface area contributed by atoms with Crippen LogP contribution in [0.3, 0.4) is 0 Å². The largest absolute Gasteiger partial charge is 0.493 e. The Morgan fingerprint density at radius 1 is 1.03 bits per heavy atom. The van der Waals surface area contributed by atoms with Crippen LogP contribution < -0.4 is 20.3 Å². The summed E-state index contributed by atoms with van der Waals surface area (Å²) in [6.45, 7) is 5.56. The van der Waals surface area contributed by atoms with Gasteiger partial charge in [-0.2, -0.15) is 10.2 Å². The summed E-state index contributed by atoms with van der Waals surface area (Å²) in [7, 11) is 3.07. The zero-order valence-corrected chi connectivity index (χ0v) is 19.8. The lowest BCUT2D eigenvalue weighted by molar-refractivity contribution is -0.119. The fourth-order valence-corrected chi connectivity index (χ4v) is 4.09. The zero-order valence-electron chi connectivity index (χ0n) is 19.8. The molecule has 2 aromatic carbocycles. The summed E-state index contributed by atoms with van der Waals surface area (Å²) in [5, 5.41) is 12.6. The van der Waals surface area contributed by atoms with Crippen LogP contribution in [0.4, 0.5) is 5.69 Å². The highest BCUT2D eigenvalue weighted by Gasteiger charge is 2.25. The van der Waals surface area contributed by atoms with Gasteiger partial charge in [0.2, 0.25) is 5.91 Å². The highest BCUT2D eigenvalue weighted by Crippen LogP contribution is 2.30. The second-order valence-electron chi connectivity index (χ2n) is 7.87. The average Bonchev–Trinajstić information content (AvgIpc) is 3.21. The molecule has 0 saturated heterocycles. The SMILES string of the molecule is CC[C@H](C(=O)Nc1ccc(OC)c(OC)c1)n1nc(C)c2c(C)n(-c3ccccc3)nc2c1=O. The predicted molar refractivity (Wildman–Crippen MR) is 130 cm³/mol. The van der Waals surface area contributed by atoms with E-state index in [2.05, 4.69) is 15.5 Å². The van der Waals surface area contributed by atoms with Gasteiger partial charge in [0, 0.05) is 11.8 Å². The van der Waals surface area contributed by atoms with Crippen molar-refractivity contribution in [3.05, 3.63) is 70.3 Å². The molecule has 1 amide bonds.